The Kier molecular flexibility index (Phi) is 4.19. The molecule has 3 rings (SSSR count). The Morgan fingerprint density at radius 2 is 2.14 bits per heavy atom. The highest BCUT2D eigenvalue weighted by atomic mass is 32.1. The number of nitrogens with zero attached hydrogens (tertiary/aromatic N) is 3. The quantitative estimate of drug-likeness (QED) is 0.756. The van der Waals surface area contributed by atoms with Crippen molar-refractivity contribution in [3.63, 3.8) is 0 Å². The van der Waals surface area contributed by atoms with E-state index < -0.39 is 5.92 Å². The SMILES string of the molecule is O=C(Nc1ccc(F)cc1)C(Cc1cccs1)c1nn[nH]n1. The molecule has 6 nitrogen and oxygen atoms in total. The van der Waals surface area contributed by atoms with E-state index in [2.05, 4.69) is 25.9 Å². The molecular formula is C14H12FN5OS. The van der Waals surface area contributed by atoms with E-state index in [1.165, 1.54) is 24.3 Å². The topological polar surface area (TPSA) is 83.6 Å². The van der Waals surface area contributed by atoms with E-state index in [0.29, 0.717) is 17.9 Å². The molecule has 1 amide bonds. The van der Waals surface area contributed by atoms with Crippen LogP contribution in [0.1, 0.15) is 16.6 Å². The first-order valence-electron chi connectivity index (χ1n) is 6.54. The van der Waals surface area contributed by atoms with Gasteiger partial charge in [-0.25, -0.2) is 4.39 Å². The number of rotatable bonds is 5. The minimum Gasteiger partial charge on any atom is -0.325 e. The molecule has 0 fully saturated rings. The van der Waals surface area contributed by atoms with Crippen molar-refractivity contribution in [1.29, 1.82) is 0 Å². The third kappa shape index (κ3) is 3.34. The van der Waals surface area contributed by atoms with Crippen LogP contribution in [-0.4, -0.2) is 26.5 Å². The van der Waals surface area contributed by atoms with E-state index >= 15 is 0 Å². The van der Waals surface area contributed by atoms with Crippen LogP contribution in [0.25, 0.3) is 0 Å². The first-order valence-corrected chi connectivity index (χ1v) is 7.42. The maximum Gasteiger partial charge on any atom is 0.235 e. The molecule has 2 N–H and O–H groups in total. The smallest absolute Gasteiger partial charge is 0.235 e. The van der Waals surface area contributed by atoms with Crippen molar-refractivity contribution in [2.75, 3.05) is 5.32 Å². The summed E-state index contributed by atoms with van der Waals surface area (Å²) in [5, 5.41) is 18.4. The van der Waals surface area contributed by atoms with E-state index in [0.717, 1.165) is 4.88 Å². The summed E-state index contributed by atoms with van der Waals surface area (Å²) in [7, 11) is 0. The summed E-state index contributed by atoms with van der Waals surface area (Å²) in [6, 6.07) is 9.46. The Balaban J connectivity index is 1.79. The van der Waals surface area contributed by atoms with Crippen LogP contribution in [-0.2, 0) is 11.2 Å². The second-order valence-corrected chi connectivity index (χ2v) is 5.63. The van der Waals surface area contributed by atoms with E-state index in [1.807, 2.05) is 17.5 Å². The molecule has 2 aromatic heterocycles. The normalized spacial score (nSPS) is 12.0. The number of carbonyl (C=O) groups excluding carboxylic acids is 1. The molecule has 0 radical (unpaired) electrons. The number of amides is 1. The van der Waals surface area contributed by atoms with Gasteiger partial charge < -0.3 is 5.32 Å². The van der Waals surface area contributed by atoms with Crippen LogP contribution < -0.4 is 5.32 Å². The van der Waals surface area contributed by atoms with Gasteiger partial charge in [0.2, 0.25) is 5.91 Å². The first-order chi connectivity index (χ1) is 10.7. The van der Waals surface area contributed by atoms with Crippen molar-refractivity contribution in [3.05, 3.63) is 58.3 Å². The lowest BCUT2D eigenvalue weighted by atomic mass is 10.0. The molecular weight excluding hydrogens is 305 g/mol. The summed E-state index contributed by atoms with van der Waals surface area (Å²) in [6.45, 7) is 0. The molecule has 0 saturated heterocycles. The van der Waals surface area contributed by atoms with Crippen LogP contribution in [0.4, 0.5) is 10.1 Å². The van der Waals surface area contributed by atoms with Gasteiger partial charge in [-0.15, -0.1) is 21.5 Å². The molecule has 0 aliphatic heterocycles. The summed E-state index contributed by atoms with van der Waals surface area (Å²) < 4.78 is 12.9. The second kappa shape index (κ2) is 6.44. The number of carbonyl (C=O) groups is 1. The molecule has 3 aromatic rings. The van der Waals surface area contributed by atoms with Crippen molar-refractivity contribution < 1.29 is 9.18 Å². The number of hydrogen-bond acceptors (Lipinski definition) is 5. The largest absolute Gasteiger partial charge is 0.325 e. The average Bonchev–Trinajstić information content (AvgIpc) is 3.20. The van der Waals surface area contributed by atoms with Crippen LogP contribution in [0, 0.1) is 5.82 Å². The number of H-pyrrole nitrogens is 1. The van der Waals surface area contributed by atoms with E-state index in [4.69, 9.17) is 0 Å². The number of benzene rings is 1. The number of nitrogens with one attached hydrogen (secondary N) is 2. The van der Waals surface area contributed by atoms with E-state index in [9.17, 15) is 9.18 Å². The molecule has 112 valence electrons. The molecule has 0 aliphatic rings. The van der Waals surface area contributed by atoms with E-state index in [1.54, 1.807) is 11.3 Å². The van der Waals surface area contributed by atoms with Gasteiger partial charge in [-0.3, -0.25) is 4.79 Å². The molecule has 1 atom stereocenters. The predicted molar refractivity (Wildman–Crippen MR) is 80.0 cm³/mol. The van der Waals surface area contributed by atoms with Crippen LogP contribution in [0.3, 0.4) is 0 Å². The minimum atomic E-state index is -0.567. The number of tetrazole rings is 1. The van der Waals surface area contributed by atoms with Crippen molar-refractivity contribution in [2.45, 2.75) is 12.3 Å². The van der Waals surface area contributed by atoms with Gasteiger partial charge >= 0.3 is 0 Å². The fourth-order valence-corrected chi connectivity index (χ4v) is 2.76. The van der Waals surface area contributed by atoms with Gasteiger partial charge in [-0.2, -0.15) is 5.21 Å². The molecule has 22 heavy (non-hydrogen) atoms. The Bertz CT molecular complexity index is 727. The lowest BCUT2D eigenvalue weighted by Gasteiger charge is -2.12. The van der Waals surface area contributed by atoms with Crippen molar-refractivity contribution >= 4 is 22.9 Å². The summed E-state index contributed by atoms with van der Waals surface area (Å²) in [6.07, 6.45) is 0.476. The van der Waals surface area contributed by atoms with Gasteiger partial charge in [0.05, 0.1) is 0 Å². The van der Waals surface area contributed by atoms with E-state index in [-0.39, 0.29) is 11.7 Å². The number of hydrogen-bond donors (Lipinski definition) is 2. The maximum absolute atomic E-state index is 12.9. The summed E-state index contributed by atoms with van der Waals surface area (Å²) in [4.78, 5) is 13.5. The van der Waals surface area contributed by atoms with Crippen molar-refractivity contribution in [3.8, 4) is 0 Å². The zero-order valence-corrected chi connectivity index (χ0v) is 12.2. The zero-order valence-electron chi connectivity index (χ0n) is 11.4. The third-order valence-corrected chi connectivity index (χ3v) is 3.99. The molecule has 2 heterocycles. The molecule has 8 heteroatoms. The van der Waals surface area contributed by atoms with Crippen LogP contribution in [0.15, 0.2) is 41.8 Å². The Labute approximate surface area is 129 Å². The second-order valence-electron chi connectivity index (χ2n) is 4.60. The third-order valence-electron chi connectivity index (χ3n) is 3.09. The standard InChI is InChI=1S/C14H12FN5OS/c15-9-3-5-10(6-4-9)16-14(21)12(13-17-19-20-18-13)8-11-2-1-7-22-11/h1-7,12H,8H2,(H,16,21)(H,17,18,19,20). The van der Waals surface area contributed by atoms with Gasteiger partial charge in [-0.1, -0.05) is 11.3 Å². The molecule has 0 aliphatic carbocycles. The fourth-order valence-electron chi connectivity index (χ4n) is 2.01. The number of aromatic nitrogens is 4. The Hall–Kier alpha value is -2.61. The summed E-state index contributed by atoms with van der Waals surface area (Å²) in [5.74, 6) is -0.858. The van der Waals surface area contributed by atoms with Crippen LogP contribution in [0.5, 0.6) is 0 Å². The predicted octanol–water partition coefficient (Wildman–Crippen LogP) is 2.37. The highest BCUT2D eigenvalue weighted by molar-refractivity contribution is 7.09. The van der Waals surface area contributed by atoms with Gasteiger partial charge in [0, 0.05) is 17.0 Å². The lowest BCUT2D eigenvalue weighted by molar-refractivity contribution is -0.117. The lowest BCUT2D eigenvalue weighted by Crippen LogP contribution is -2.24. The van der Waals surface area contributed by atoms with Gasteiger partial charge in [-0.05, 0) is 35.7 Å². The van der Waals surface area contributed by atoms with Crippen molar-refractivity contribution in [1.82, 2.24) is 20.6 Å². The zero-order chi connectivity index (χ0) is 15.4. The van der Waals surface area contributed by atoms with Crippen molar-refractivity contribution in [2.24, 2.45) is 0 Å². The first kappa shape index (κ1) is 14.3. The average molecular weight is 317 g/mol. The molecule has 1 unspecified atom stereocenters. The number of halogens is 1. The molecule has 1 aromatic carbocycles. The molecule has 0 spiro atoms. The number of aromatic amines is 1. The summed E-state index contributed by atoms with van der Waals surface area (Å²) in [5.41, 5.74) is 0.520. The van der Waals surface area contributed by atoms with Gasteiger partial charge in [0.15, 0.2) is 5.82 Å². The van der Waals surface area contributed by atoms with Crippen LogP contribution >= 0.6 is 11.3 Å². The monoisotopic (exact) mass is 317 g/mol. The number of thiophene rings is 1. The van der Waals surface area contributed by atoms with Crippen LogP contribution in [0.2, 0.25) is 0 Å². The van der Waals surface area contributed by atoms with Gasteiger partial charge in [0.1, 0.15) is 11.7 Å². The fraction of sp³-hybridized carbons (Fsp3) is 0.143. The highest BCUT2D eigenvalue weighted by Crippen LogP contribution is 2.22. The Morgan fingerprint density at radius 3 is 2.77 bits per heavy atom. The highest BCUT2D eigenvalue weighted by Gasteiger charge is 2.25. The minimum absolute atomic E-state index is 0.263. The Morgan fingerprint density at radius 1 is 1.32 bits per heavy atom. The molecule has 0 saturated carbocycles. The molecule has 0 bridgehead atoms. The summed E-state index contributed by atoms with van der Waals surface area (Å²) >= 11 is 1.56. The number of anilines is 1. The maximum atomic E-state index is 12.9. The van der Waals surface area contributed by atoms with Gasteiger partial charge in [0.25, 0.3) is 0 Å².